The fourth-order valence-electron chi connectivity index (χ4n) is 1.97. The highest BCUT2D eigenvalue weighted by molar-refractivity contribution is 6.07. The second kappa shape index (κ2) is 4.48. The fraction of sp³-hybridized carbons (Fsp3) is 0.455. The van der Waals surface area contributed by atoms with Crippen LogP contribution < -0.4 is 11.1 Å². The van der Waals surface area contributed by atoms with E-state index in [1.54, 1.807) is 18.6 Å². The van der Waals surface area contributed by atoms with Crippen LogP contribution in [0.4, 0.5) is 0 Å². The van der Waals surface area contributed by atoms with Gasteiger partial charge in [0.05, 0.1) is 12.5 Å². The molecule has 0 atom stereocenters. The van der Waals surface area contributed by atoms with E-state index >= 15 is 0 Å². The first-order valence-electron chi connectivity index (χ1n) is 5.46. The summed E-state index contributed by atoms with van der Waals surface area (Å²) in [5.74, 6) is -0.200. The van der Waals surface area contributed by atoms with Gasteiger partial charge in [-0.1, -0.05) is 11.6 Å². The van der Waals surface area contributed by atoms with Gasteiger partial charge in [-0.15, -0.1) is 0 Å². The lowest BCUT2D eigenvalue weighted by atomic mass is 9.67. The summed E-state index contributed by atoms with van der Waals surface area (Å²) in [4.78, 5) is 12.0. The molecule has 1 aromatic rings. The number of rotatable bonds is 4. The highest BCUT2D eigenvalue weighted by Gasteiger charge is 2.48. The van der Waals surface area contributed by atoms with Gasteiger partial charge in [0, 0.05) is 12.1 Å². The van der Waals surface area contributed by atoms with E-state index in [0.717, 1.165) is 12.0 Å². The molecule has 0 spiro atoms. The number of amidine groups is 1. The summed E-state index contributed by atoms with van der Waals surface area (Å²) in [7, 11) is 0. The Balaban J connectivity index is 1.99. The van der Waals surface area contributed by atoms with Crippen molar-refractivity contribution >= 4 is 11.7 Å². The summed E-state index contributed by atoms with van der Waals surface area (Å²) < 4.78 is 4.90. The molecule has 1 fully saturated rings. The maximum absolute atomic E-state index is 12.0. The van der Waals surface area contributed by atoms with E-state index in [-0.39, 0.29) is 11.7 Å². The third kappa shape index (κ3) is 1.98. The van der Waals surface area contributed by atoms with Crippen molar-refractivity contribution in [2.45, 2.75) is 25.8 Å². The Kier molecular flexibility index (Phi) is 3.03. The van der Waals surface area contributed by atoms with Crippen molar-refractivity contribution in [3.05, 3.63) is 24.2 Å². The summed E-state index contributed by atoms with van der Waals surface area (Å²) in [5.41, 5.74) is 5.64. The average Bonchev–Trinajstić information content (AvgIpc) is 2.77. The lowest BCUT2D eigenvalue weighted by Gasteiger charge is -2.38. The second-order valence-electron chi connectivity index (χ2n) is 4.24. The Morgan fingerprint density at radius 1 is 1.65 bits per heavy atom. The van der Waals surface area contributed by atoms with E-state index in [9.17, 15) is 4.79 Å². The largest absolute Gasteiger partial charge is 0.472 e. The van der Waals surface area contributed by atoms with Crippen molar-refractivity contribution in [3.8, 4) is 0 Å². The molecule has 0 bridgehead atoms. The summed E-state index contributed by atoms with van der Waals surface area (Å²) in [6, 6.07) is 1.78. The standard InChI is InChI=1S/C11H15N3O3/c12-9(14-16)11(3-1-4-11)10(15)13-6-8-2-5-17-7-8/h2,5,7,16H,1,3-4,6H2,(H2,12,14)(H,13,15). The number of carbonyl (C=O) groups excluding carboxylic acids is 1. The number of nitrogens with one attached hydrogen (secondary N) is 1. The van der Waals surface area contributed by atoms with Crippen LogP contribution in [-0.4, -0.2) is 17.0 Å². The van der Waals surface area contributed by atoms with E-state index < -0.39 is 5.41 Å². The van der Waals surface area contributed by atoms with Crippen LogP contribution in [0.2, 0.25) is 0 Å². The van der Waals surface area contributed by atoms with E-state index in [2.05, 4.69) is 10.5 Å². The van der Waals surface area contributed by atoms with E-state index in [4.69, 9.17) is 15.4 Å². The molecule has 0 aromatic carbocycles. The molecule has 0 aliphatic heterocycles. The summed E-state index contributed by atoms with van der Waals surface area (Å²) in [5, 5.41) is 14.4. The molecule has 1 aromatic heterocycles. The maximum atomic E-state index is 12.0. The predicted molar refractivity (Wildman–Crippen MR) is 60.2 cm³/mol. The first-order chi connectivity index (χ1) is 8.19. The molecule has 1 aliphatic carbocycles. The minimum atomic E-state index is -0.821. The van der Waals surface area contributed by atoms with Crippen LogP contribution in [0.1, 0.15) is 24.8 Å². The Labute approximate surface area is 98.5 Å². The van der Waals surface area contributed by atoms with Gasteiger partial charge in [-0.3, -0.25) is 4.79 Å². The van der Waals surface area contributed by atoms with Crippen LogP contribution in [-0.2, 0) is 11.3 Å². The van der Waals surface area contributed by atoms with Gasteiger partial charge in [-0.25, -0.2) is 0 Å². The minimum Gasteiger partial charge on any atom is -0.472 e. The lowest BCUT2D eigenvalue weighted by Crippen LogP contribution is -2.53. The summed E-state index contributed by atoms with van der Waals surface area (Å²) >= 11 is 0. The molecule has 6 nitrogen and oxygen atoms in total. The lowest BCUT2D eigenvalue weighted by molar-refractivity contribution is -0.131. The number of hydrogen-bond acceptors (Lipinski definition) is 4. The zero-order valence-corrected chi connectivity index (χ0v) is 9.35. The zero-order valence-electron chi connectivity index (χ0n) is 9.35. The smallest absolute Gasteiger partial charge is 0.234 e. The van der Waals surface area contributed by atoms with Crippen molar-refractivity contribution in [1.82, 2.24) is 5.32 Å². The van der Waals surface area contributed by atoms with Crippen molar-refractivity contribution in [2.75, 3.05) is 0 Å². The summed E-state index contributed by atoms with van der Waals surface area (Å²) in [6.45, 7) is 0.385. The Morgan fingerprint density at radius 2 is 2.41 bits per heavy atom. The molecule has 1 aliphatic rings. The van der Waals surface area contributed by atoms with Crippen LogP contribution in [0.5, 0.6) is 0 Å². The second-order valence-corrected chi connectivity index (χ2v) is 4.24. The molecular formula is C11H15N3O3. The van der Waals surface area contributed by atoms with Crippen molar-refractivity contribution in [2.24, 2.45) is 16.3 Å². The SMILES string of the molecule is N/C(=N/O)C1(C(=O)NCc2ccoc2)CCC1. The van der Waals surface area contributed by atoms with E-state index in [0.29, 0.717) is 19.4 Å². The number of hydrogen-bond donors (Lipinski definition) is 3. The van der Waals surface area contributed by atoms with Crippen LogP contribution in [0.15, 0.2) is 28.2 Å². The van der Waals surface area contributed by atoms with Crippen molar-refractivity contribution in [3.63, 3.8) is 0 Å². The Bertz CT molecular complexity index is 421. The first-order valence-corrected chi connectivity index (χ1v) is 5.46. The van der Waals surface area contributed by atoms with Crippen molar-refractivity contribution in [1.29, 1.82) is 0 Å². The number of furan rings is 1. The molecule has 6 heteroatoms. The molecule has 1 saturated carbocycles. The molecule has 1 heterocycles. The van der Waals surface area contributed by atoms with Gasteiger partial charge in [0.25, 0.3) is 0 Å². The van der Waals surface area contributed by atoms with Gasteiger partial charge >= 0.3 is 0 Å². The third-order valence-electron chi connectivity index (χ3n) is 3.27. The summed E-state index contributed by atoms with van der Waals surface area (Å²) in [6.07, 6.45) is 5.27. The van der Waals surface area contributed by atoms with Gasteiger partial charge in [0.15, 0.2) is 5.84 Å². The zero-order chi connectivity index (χ0) is 12.3. The van der Waals surface area contributed by atoms with Gasteiger partial charge < -0.3 is 20.7 Å². The van der Waals surface area contributed by atoms with Crippen LogP contribution >= 0.6 is 0 Å². The Hall–Kier alpha value is -1.98. The molecule has 1 amide bonds. The number of nitrogens with two attached hydrogens (primary N) is 1. The normalized spacial score (nSPS) is 18.5. The molecule has 2 rings (SSSR count). The molecule has 0 unspecified atom stereocenters. The van der Waals surface area contributed by atoms with Gasteiger partial charge in [-0.05, 0) is 18.9 Å². The number of amides is 1. The molecule has 92 valence electrons. The Morgan fingerprint density at radius 3 is 2.88 bits per heavy atom. The topological polar surface area (TPSA) is 101 Å². The third-order valence-corrected chi connectivity index (χ3v) is 3.27. The maximum Gasteiger partial charge on any atom is 0.234 e. The van der Waals surface area contributed by atoms with Crippen LogP contribution in [0.25, 0.3) is 0 Å². The van der Waals surface area contributed by atoms with Crippen LogP contribution in [0.3, 0.4) is 0 Å². The number of oxime groups is 1. The van der Waals surface area contributed by atoms with Crippen LogP contribution in [0, 0.1) is 5.41 Å². The molecular weight excluding hydrogens is 222 g/mol. The number of carbonyl (C=O) groups is 1. The number of nitrogens with zero attached hydrogens (tertiary/aromatic N) is 1. The molecule has 0 saturated heterocycles. The first kappa shape index (κ1) is 11.5. The fourth-order valence-corrected chi connectivity index (χ4v) is 1.97. The van der Waals surface area contributed by atoms with Gasteiger partial charge in [0.2, 0.25) is 5.91 Å². The highest BCUT2D eigenvalue weighted by Crippen LogP contribution is 2.41. The molecule has 4 N–H and O–H groups in total. The quantitative estimate of drug-likeness (QED) is 0.312. The van der Waals surface area contributed by atoms with E-state index in [1.807, 2.05) is 0 Å². The highest BCUT2D eigenvalue weighted by atomic mass is 16.4. The monoisotopic (exact) mass is 237 g/mol. The average molecular weight is 237 g/mol. The minimum absolute atomic E-state index is 0.00607. The van der Waals surface area contributed by atoms with Gasteiger partial charge in [-0.2, -0.15) is 0 Å². The van der Waals surface area contributed by atoms with E-state index in [1.165, 1.54) is 0 Å². The van der Waals surface area contributed by atoms with Gasteiger partial charge in [0.1, 0.15) is 5.41 Å². The van der Waals surface area contributed by atoms with Crippen molar-refractivity contribution < 1.29 is 14.4 Å². The molecule has 0 radical (unpaired) electrons. The predicted octanol–water partition coefficient (Wildman–Crippen LogP) is 0.812. The molecule has 17 heavy (non-hydrogen) atoms.